The Morgan fingerprint density at radius 1 is 1.75 bits per heavy atom. The molecule has 0 aliphatic heterocycles. The number of nitrogens with two attached hydrogens (primary N) is 1. The van der Waals surface area contributed by atoms with E-state index in [1.807, 2.05) is 18.2 Å². The van der Waals surface area contributed by atoms with Crippen molar-refractivity contribution in [2.75, 3.05) is 0 Å². The van der Waals surface area contributed by atoms with E-state index in [4.69, 9.17) is 5.73 Å². The number of hydrogen-bond acceptors (Lipinski definition) is 2. The molecule has 1 aliphatic carbocycles. The van der Waals surface area contributed by atoms with Crippen LogP contribution in [0.1, 0.15) is 6.42 Å². The van der Waals surface area contributed by atoms with Crippen LogP contribution in [-0.2, 0) is 0 Å². The van der Waals surface area contributed by atoms with Crippen LogP contribution in [-0.4, -0.2) is 6.04 Å². The average Bonchev–Trinajstić information content (AvgIpc) is 1.77. The molecule has 0 aromatic rings. The summed E-state index contributed by atoms with van der Waals surface area (Å²) >= 11 is 4.14. The number of hydrogen-bond donors (Lipinski definition) is 2. The third-order valence-corrected chi connectivity index (χ3v) is 1.65. The van der Waals surface area contributed by atoms with E-state index >= 15 is 0 Å². The average molecular weight is 127 g/mol. The number of rotatable bonds is 0. The molecule has 2 N–H and O–H groups in total. The van der Waals surface area contributed by atoms with Gasteiger partial charge in [0, 0.05) is 6.04 Å². The fourth-order valence-electron chi connectivity index (χ4n) is 0.636. The SMILES string of the molecule is NC1CC=CC=C1S. The molecular weight excluding hydrogens is 118 g/mol. The Balaban J connectivity index is 2.66. The minimum atomic E-state index is 0.142. The minimum Gasteiger partial charge on any atom is -0.323 e. The van der Waals surface area contributed by atoms with E-state index in [9.17, 15) is 0 Å². The Labute approximate surface area is 54.7 Å². The first-order valence-electron chi connectivity index (χ1n) is 2.62. The zero-order valence-electron chi connectivity index (χ0n) is 4.54. The molecule has 1 aliphatic rings. The van der Waals surface area contributed by atoms with Crippen LogP contribution in [0.2, 0.25) is 0 Å². The Bertz CT molecular complexity index is 137. The molecule has 0 spiro atoms. The second-order valence-electron chi connectivity index (χ2n) is 1.86. The van der Waals surface area contributed by atoms with Crippen LogP contribution in [0.4, 0.5) is 0 Å². The summed E-state index contributed by atoms with van der Waals surface area (Å²) in [5.41, 5.74) is 5.58. The lowest BCUT2D eigenvalue weighted by atomic mass is 10.1. The van der Waals surface area contributed by atoms with Gasteiger partial charge < -0.3 is 5.73 Å². The molecule has 0 amide bonds. The van der Waals surface area contributed by atoms with Gasteiger partial charge in [-0.15, -0.1) is 12.6 Å². The molecule has 0 heterocycles. The zero-order valence-corrected chi connectivity index (χ0v) is 5.44. The Morgan fingerprint density at radius 3 is 2.88 bits per heavy atom. The minimum absolute atomic E-state index is 0.142. The van der Waals surface area contributed by atoms with Crippen LogP contribution >= 0.6 is 12.6 Å². The lowest BCUT2D eigenvalue weighted by Gasteiger charge is -2.10. The van der Waals surface area contributed by atoms with Gasteiger partial charge in [0.15, 0.2) is 0 Å². The smallest absolute Gasteiger partial charge is 0.0387 e. The molecule has 0 saturated heterocycles. The van der Waals surface area contributed by atoms with E-state index in [1.54, 1.807) is 0 Å². The molecule has 44 valence electrons. The predicted octanol–water partition coefficient (Wildman–Crippen LogP) is 1.09. The Hall–Kier alpha value is -0.210. The Kier molecular flexibility index (Phi) is 1.76. The first-order chi connectivity index (χ1) is 3.80. The van der Waals surface area contributed by atoms with Gasteiger partial charge in [-0.2, -0.15) is 0 Å². The molecular formula is C6H9NS. The van der Waals surface area contributed by atoms with Crippen molar-refractivity contribution in [2.45, 2.75) is 12.5 Å². The summed E-state index contributed by atoms with van der Waals surface area (Å²) in [6.45, 7) is 0. The standard InChI is InChI=1S/C6H9NS/c7-5-3-1-2-4-6(5)8/h1-2,4-5,8H,3,7H2. The van der Waals surface area contributed by atoms with E-state index in [2.05, 4.69) is 12.6 Å². The summed E-state index contributed by atoms with van der Waals surface area (Å²) in [6, 6.07) is 0.142. The van der Waals surface area contributed by atoms with Gasteiger partial charge in [-0.05, 0) is 11.3 Å². The van der Waals surface area contributed by atoms with Crippen molar-refractivity contribution in [3.63, 3.8) is 0 Å². The maximum Gasteiger partial charge on any atom is 0.0387 e. The van der Waals surface area contributed by atoms with Crippen molar-refractivity contribution >= 4 is 12.6 Å². The second kappa shape index (κ2) is 2.37. The maximum atomic E-state index is 5.58. The molecule has 2 heteroatoms. The summed E-state index contributed by atoms with van der Waals surface area (Å²) in [6.07, 6.45) is 6.88. The molecule has 1 unspecified atom stereocenters. The van der Waals surface area contributed by atoms with Gasteiger partial charge in [0.1, 0.15) is 0 Å². The van der Waals surface area contributed by atoms with Gasteiger partial charge >= 0.3 is 0 Å². The summed E-state index contributed by atoms with van der Waals surface area (Å²) in [4.78, 5) is 0.979. The molecule has 0 bridgehead atoms. The topological polar surface area (TPSA) is 26.0 Å². The second-order valence-corrected chi connectivity index (χ2v) is 2.38. The summed E-state index contributed by atoms with van der Waals surface area (Å²) in [5.74, 6) is 0. The fourth-order valence-corrected chi connectivity index (χ4v) is 0.828. The van der Waals surface area contributed by atoms with Crippen LogP contribution in [0.25, 0.3) is 0 Å². The lowest BCUT2D eigenvalue weighted by molar-refractivity contribution is 0.815. The van der Waals surface area contributed by atoms with Gasteiger partial charge in [0.05, 0.1) is 0 Å². The zero-order chi connectivity index (χ0) is 5.98. The predicted molar refractivity (Wildman–Crippen MR) is 38.8 cm³/mol. The normalized spacial score (nSPS) is 27.8. The molecule has 0 saturated carbocycles. The quantitative estimate of drug-likeness (QED) is 0.468. The molecule has 0 aromatic carbocycles. The van der Waals surface area contributed by atoms with Crippen LogP contribution in [0.3, 0.4) is 0 Å². The van der Waals surface area contributed by atoms with Crippen molar-refractivity contribution in [3.05, 3.63) is 23.1 Å². The molecule has 8 heavy (non-hydrogen) atoms. The first-order valence-corrected chi connectivity index (χ1v) is 3.06. The van der Waals surface area contributed by atoms with Crippen molar-refractivity contribution in [1.82, 2.24) is 0 Å². The van der Waals surface area contributed by atoms with Gasteiger partial charge in [-0.1, -0.05) is 18.2 Å². The van der Waals surface area contributed by atoms with Crippen LogP contribution in [0.5, 0.6) is 0 Å². The fraction of sp³-hybridized carbons (Fsp3) is 0.333. The van der Waals surface area contributed by atoms with Gasteiger partial charge in [-0.3, -0.25) is 0 Å². The summed E-state index contributed by atoms with van der Waals surface area (Å²) in [5, 5.41) is 0. The van der Waals surface area contributed by atoms with Crippen molar-refractivity contribution in [1.29, 1.82) is 0 Å². The van der Waals surface area contributed by atoms with Gasteiger partial charge in [0.2, 0.25) is 0 Å². The highest BCUT2D eigenvalue weighted by molar-refractivity contribution is 7.84. The van der Waals surface area contributed by atoms with Gasteiger partial charge in [0.25, 0.3) is 0 Å². The van der Waals surface area contributed by atoms with Crippen molar-refractivity contribution in [2.24, 2.45) is 5.73 Å². The summed E-state index contributed by atoms with van der Waals surface area (Å²) < 4.78 is 0. The molecule has 1 atom stereocenters. The largest absolute Gasteiger partial charge is 0.323 e. The van der Waals surface area contributed by atoms with Crippen molar-refractivity contribution < 1.29 is 0 Å². The molecule has 0 radical (unpaired) electrons. The molecule has 0 aromatic heterocycles. The van der Waals surface area contributed by atoms with Crippen LogP contribution in [0.15, 0.2) is 23.1 Å². The van der Waals surface area contributed by atoms with Crippen molar-refractivity contribution in [3.8, 4) is 0 Å². The maximum absolute atomic E-state index is 5.58. The van der Waals surface area contributed by atoms with E-state index in [1.165, 1.54) is 0 Å². The van der Waals surface area contributed by atoms with E-state index in [0.717, 1.165) is 11.3 Å². The first kappa shape index (κ1) is 5.92. The van der Waals surface area contributed by atoms with E-state index in [-0.39, 0.29) is 6.04 Å². The molecule has 1 nitrogen and oxygen atoms in total. The summed E-state index contributed by atoms with van der Waals surface area (Å²) in [7, 11) is 0. The molecule has 1 rings (SSSR count). The highest BCUT2D eigenvalue weighted by atomic mass is 32.1. The molecule has 0 fully saturated rings. The van der Waals surface area contributed by atoms with E-state index in [0.29, 0.717) is 0 Å². The van der Waals surface area contributed by atoms with E-state index < -0.39 is 0 Å². The van der Waals surface area contributed by atoms with Crippen LogP contribution in [0, 0.1) is 0 Å². The lowest BCUT2D eigenvalue weighted by Crippen LogP contribution is -2.20. The number of allylic oxidation sites excluding steroid dienone is 2. The van der Waals surface area contributed by atoms with Crippen LogP contribution < -0.4 is 5.73 Å². The van der Waals surface area contributed by atoms with Gasteiger partial charge in [-0.25, -0.2) is 0 Å². The Morgan fingerprint density at radius 2 is 2.50 bits per heavy atom. The third kappa shape index (κ3) is 1.14. The highest BCUT2D eigenvalue weighted by Gasteiger charge is 2.03. The number of thiol groups is 1. The monoisotopic (exact) mass is 127 g/mol. The highest BCUT2D eigenvalue weighted by Crippen LogP contribution is 2.12. The third-order valence-electron chi connectivity index (χ3n) is 1.17.